The van der Waals surface area contributed by atoms with E-state index in [1.807, 2.05) is 37.3 Å². The number of amides is 1. The summed E-state index contributed by atoms with van der Waals surface area (Å²) in [7, 11) is 0. The smallest absolute Gasteiger partial charge is 0.407 e. The van der Waals surface area contributed by atoms with Gasteiger partial charge in [0.25, 0.3) is 0 Å². The van der Waals surface area contributed by atoms with Crippen LogP contribution in [0.4, 0.5) is 4.79 Å². The molecule has 2 aromatic carbocycles. The topological polar surface area (TPSA) is 84.9 Å². The third kappa shape index (κ3) is 6.18. The lowest BCUT2D eigenvalue weighted by Gasteiger charge is -2.18. The maximum absolute atomic E-state index is 12.0. The van der Waals surface area contributed by atoms with Gasteiger partial charge in [-0.05, 0) is 30.2 Å². The van der Waals surface area contributed by atoms with E-state index in [2.05, 4.69) is 5.32 Å². The van der Waals surface area contributed by atoms with E-state index in [9.17, 15) is 9.59 Å². The number of carbonyl (C=O) groups is 2. The van der Waals surface area contributed by atoms with Gasteiger partial charge in [0.1, 0.15) is 12.4 Å². The minimum absolute atomic E-state index is 0.117. The molecular weight excluding hydrogens is 322 g/mol. The first-order valence-electron chi connectivity index (χ1n) is 8.00. The van der Waals surface area contributed by atoms with Crippen molar-refractivity contribution in [1.82, 2.24) is 5.32 Å². The molecule has 0 radical (unpaired) electrons. The monoisotopic (exact) mass is 343 g/mol. The zero-order valence-electron chi connectivity index (χ0n) is 14.0. The molecule has 0 saturated heterocycles. The van der Waals surface area contributed by atoms with Crippen molar-refractivity contribution in [3.05, 3.63) is 65.7 Å². The number of nitrogens with one attached hydrogen (secondary N) is 1. The Bertz CT molecular complexity index is 702. The standard InChI is InChI=1S/C19H21NO5/c1-2-24-16-10-6-9-15(11-16)17(12-18(21)22)20-19(23)25-13-14-7-4-3-5-8-14/h3-11,17H,2,12-13H2,1H3,(H,20,23)(H,21,22)/t17-/m1/s1. The molecule has 0 saturated carbocycles. The third-order valence-corrected chi connectivity index (χ3v) is 3.46. The molecule has 0 aliphatic rings. The van der Waals surface area contributed by atoms with Gasteiger partial charge in [-0.3, -0.25) is 4.79 Å². The second kappa shape index (κ2) is 9.32. The molecule has 6 nitrogen and oxygen atoms in total. The van der Waals surface area contributed by atoms with Crippen LogP contribution < -0.4 is 10.1 Å². The van der Waals surface area contributed by atoms with Gasteiger partial charge in [-0.2, -0.15) is 0 Å². The van der Waals surface area contributed by atoms with Crippen molar-refractivity contribution in [2.24, 2.45) is 0 Å². The van der Waals surface area contributed by atoms with E-state index in [0.717, 1.165) is 5.56 Å². The number of rotatable bonds is 8. The number of hydrogen-bond donors (Lipinski definition) is 2. The quantitative estimate of drug-likeness (QED) is 0.766. The zero-order chi connectivity index (χ0) is 18.1. The van der Waals surface area contributed by atoms with Crippen LogP contribution in [-0.4, -0.2) is 23.8 Å². The average molecular weight is 343 g/mol. The fraction of sp³-hybridized carbons (Fsp3) is 0.263. The second-order valence-electron chi connectivity index (χ2n) is 5.36. The Morgan fingerprint density at radius 3 is 2.56 bits per heavy atom. The van der Waals surface area contributed by atoms with Crippen molar-refractivity contribution in [2.45, 2.75) is 26.0 Å². The molecule has 0 aliphatic carbocycles. The van der Waals surface area contributed by atoms with E-state index in [0.29, 0.717) is 17.9 Å². The van der Waals surface area contributed by atoms with Crippen LogP contribution in [0.5, 0.6) is 5.75 Å². The van der Waals surface area contributed by atoms with E-state index in [-0.39, 0.29) is 13.0 Å². The molecule has 2 rings (SSSR count). The van der Waals surface area contributed by atoms with Gasteiger partial charge in [0.2, 0.25) is 0 Å². The lowest BCUT2D eigenvalue weighted by molar-refractivity contribution is -0.137. The van der Waals surface area contributed by atoms with Gasteiger partial charge in [-0.25, -0.2) is 4.79 Å². The Morgan fingerprint density at radius 2 is 1.88 bits per heavy atom. The van der Waals surface area contributed by atoms with Crippen LogP contribution in [0.25, 0.3) is 0 Å². The van der Waals surface area contributed by atoms with Gasteiger partial charge in [0, 0.05) is 0 Å². The Kier molecular flexibility index (Phi) is 6.83. The van der Waals surface area contributed by atoms with Crippen LogP contribution in [0.15, 0.2) is 54.6 Å². The van der Waals surface area contributed by atoms with Gasteiger partial charge >= 0.3 is 12.1 Å². The lowest BCUT2D eigenvalue weighted by atomic mass is 10.0. The zero-order valence-corrected chi connectivity index (χ0v) is 14.0. The first kappa shape index (κ1) is 18.3. The lowest BCUT2D eigenvalue weighted by Crippen LogP contribution is -2.30. The molecule has 0 spiro atoms. The molecule has 0 heterocycles. The van der Waals surface area contributed by atoms with E-state index in [1.165, 1.54) is 0 Å². The Balaban J connectivity index is 2.02. The van der Waals surface area contributed by atoms with E-state index in [4.69, 9.17) is 14.6 Å². The summed E-state index contributed by atoms with van der Waals surface area (Å²) < 4.78 is 10.6. The SMILES string of the molecule is CCOc1cccc([C@@H](CC(=O)O)NC(=O)OCc2ccccc2)c1. The Hall–Kier alpha value is -3.02. The highest BCUT2D eigenvalue weighted by molar-refractivity contribution is 5.72. The van der Waals surface area contributed by atoms with Crippen LogP contribution in [0.2, 0.25) is 0 Å². The number of carboxylic acid groups (broad SMARTS) is 1. The summed E-state index contributed by atoms with van der Waals surface area (Å²) in [5, 5.41) is 11.7. The van der Waals surface area contributed by atoms with E-state index >= 15 is 0 Å². The van der Waals surface area contributed by atoms with Gasteiger partial charge in [0.05, 0.1) is 19.1 Å². The fourth-order valence-electron chi connectivity index (χ4n) is 2.32. The number of hydrogen-bond acceptors (Lipinski definition) is 4. The van der Waals surface area contributed by atoms with Gasteiger partial charge in [-0.15, -0.1) is 0 Å². The maximum Gasteiger partial charge on any atom is 0.407 e. The Morgan fingerprint density at radius 1 is 1.12 bits per heavy atom. The summed E-state index contributed by atoms with van der Waals surface area (Å²) >= 11 is 0. The molecule has 0 fully saturated rings. The number of alkyl carbamates (subject to hydrolysis) is 1. The molecule has 2 N–H and O–H groups in total. The largest absolute Gasteiger partial charge is 0.494 e. The number of aliphatic carboxylic acids is 1. The molecule has 0 aliphatic heterocycles. The van der Waals surface area contributed by atoms with Crippen molar-refractivity contribution in [3.8, 4) is 5.75 Å². The van der Waals surface area contributed by atoms with Crippen molar-refractivity contribution >= 4 is 12.1 Å². The van der Waals surface area contributed by atoms with Crippen molar-refractivity contribution in [3.63, 3.8) is 0 Å². The predicted octanol–water partition coefficient (Wildman–Crippen LogP) is 3.53. The van der Waals surface area contributed by atoms with Crippen LogP contribution in [0.1, 0.15) is 30.5 Å². The summed E-state index contributed by atoms with van der Waals surface area (Å²) in [6.07, 6.45) is -0.923. The van der Waals surface area contributed by atoms with Crippen molar-refractivity contribution < 1.29 is 24.2 Å². The first-order chi connectivity index (χ1) is 12.1. The number of carboxylic acids is 1. The van der Waals surface area contributed by atoms with Crippen LogP contribution in [-0.2, 0) is 16.1 Å². The highest BCUT2D eigenvalue weighted by Crippen LogP contribution is 2.22. The molecule has 0 bridgehead atoms. The molecule has 25 heavy (non-hydrogen) atoms. The summed E-state index contributed by atoms with van der Waals surface area (Å²) in [4.78, 5) is 23.2. The number of ether oxygens (including phenoxy) is 2. The Labute approximate surface area is 146 Å². The van der Waals surface area contributed by atoms with E-state index in [1.54, 1.807) is 24.3 Å². The first-order valence-corrected chi connectivity index (χ1v) is 8.00. The highest BCUT2D eigenvalue weighted by Gasteiger charge is 2.19. The third-order valence-electron chi connectivity index (χ3n) is 3.46. The molecule has 0 aromatic heterocycles. The van der Waals surface area contributed by atoms with Gasteiger partial charge in [-0.1, -0.05) is 42.5 Å². The molecule has 132 valence electrons. The van der Waals surface area contributed by atoms with Crippen LogP contribution in [0, 0.1) is 0 Å². The van der Waals surface area contributed by atoms with Crippen molar-refractivity contribution in [2.75, 3.05) is 6.61 Å². The maximum atomic E-state index is 12.0. The summed E-state index contributed by atoms with van der Waals surface area (Å²) in [6.45, 7) is 2.48. The fourth-order valence-corrected chi connectivity index (χ4v) is 2.32. The van der Waals surface area contributed by atoms with Crippen molar-refractivity contribution in [1.29, 1.82) is 0 Å². The van der Waals surface area contributed by atoms with E-state index < -0.39 is 18.1 Å². The molecule has 1 atom stereocenters. The molecule has 1 amide bonds. The molecule has 6 heteroatoms. The molecule has 0 unspecified atom stereocenters. The second-order valence-corrected chi connectivity index (χ2v) is 5.36. The molecular formula is C19H21NO5. The average Bonchev–Trinajstić information content (AvgIpc) is 2.60. The summed E-state index contributed by atoms with van der Waals surface area (Å²) in [6, 6.07) is 15.5. The van der Waals surface area contributed by atoms with Crippen LogP contribution >= 0.6 is 0 Å². The number of carbonyl (C=O) groups excluding carboxylic acids is 1. The summed E-state index contributed by atoms with van der Waals surface area (Å²) in [5.41, 5.74) is 1.50. The van der Waals surface area contributed by atoms with Crippen LogP contribution in [0.3, 0.4) is 0 Å². The predicted molar refractivity (Wildman–Crippen MR) is 92.4 cm³/mol. The van der Waals surface area contributed by atoms with Gasteiger partial charge in [0.15, 0.2) is 0 Å². The highest BCUT2D eigenvalue weighted by atomic mass is 16.5. The minimum Gasteiger partial charge on any atom is -0.494 e. The normalized spacial score (nSPS) is 11.4. The number of benzene rings is 2. The summed E-state index contributed by atoms with van der Waals surface area (Å²) in [5.74, 6) is -0.398. The minimum atomic E-state index is -1.02. The van der Waals surface area contributed by atoms with Gasteiger partial charge < -0.3 is 19.9 Å². The molecule has 2 aromatic rings.